The van der Waals surface area contributed by atoms with Gasteiger partial charge in [-0.1, -0.05) is 42.5 Å². The predicted octanol–water partition coefficient (Wildman–Crippen LogP) is 4.59. The molecule has 0 aromatic heterocycles. The molecule has 26 heavy (non-hydrogen) atoms. The van der Waals surface area contributed by atoms with E-state index in [2.05, 4.69) is 19.6 Å². The largest absolute Gasteiger partial charge is 0.489 e. The Balaban J connectivity index is 1.97. The molecule has 140 valence electrons. The maximum atomic E-state index is 12.2. The van der Waals surface area contributed by atoms with Crippen LogP contribution in [-0.2, 0) is 27.0 Å². The van der Waals surface area contributed by atoms with Gasteiger partial charge in [-0.2, -0.15) is 0 Å². The van der Waals surface area contributed by atoms with E-state index in [-0.39, 0.29) is 5.97 Å². The number of ether oxygens (including phenoxy) is 2. The van der Waals surface area contributed by atoms with Crippen LogP contribution in [0.4, 0.5) is 0 Å². The van der Waals surface area contributed by atoms with Crippen molar-refractivity contribution in [3.8, 4) is 5.75 Å². The molecular formula is C21H28O4Si. The average Bonchev–Trinajstić information content (AvgIpc) is 2.60. The lowest BCUT2D eigenvalue weighted by atomic mass is 10.1. The number of benzene rings is 2. The zero-order chi connectivity index (χ0) is 19.0. The zero-order valence-electron chi connectivity index (χ0n) is 16.0. The van der Waals surface area contributed by atoms with Crippen LogP contribution in [0.1, 0.15) is 18.1 Å². The summed E-state index contributed by atoms with van der Waals surface area (Å²) in [5.74, 6) is 0.510. The highest BCUT2D eigenvalue weighted by atomic mass is 28.4. The highest BCUT2D eigenvalue weighted by Crippen LogP contribution is 2.18. The van der Waals surface area contributed by atoms with Gasteiger partial charge in [0.05, 0.1) is 6.61 Å². The molecular weight excluding hydrogens is 344 g/mol. The van der Waals surface area contributed by atoms with Crippen LogP contribution in [0, 0.1) is 0 Å². The second-order valence-electron chi connectivity index (χ2n) is 7.09. The van der Waals surface area contributed by atoms with Gasteiger partial charge in [0, 0.05) is 6.42 Å². The van der Waals surface area contributed by atoms with Gasteiger partial charge >= 0.3 is 5.97 Å². The third-order valence-corrected chi connectivity index (χ3v) is 4.63. The molecule has 0 bridgehead atoms. The molecule has 2 rings (SSSR count). The fourth-order valence-electron chi connectivity index (χ4n) is 2.51. The lowest BCUT2D eigenvalue weighted by Gasteiger charge is -2.25. The minimum atomic E-state index is -1.85. The van der Waals surface area contributed by atoms with E-state index in [1.165, 1.54) is 0 Å². The Morgan fingerprint density at radius 1 is 0.962 bits per heavy atom. The standard InChI is InChI=1S/C21H28O4Si/c1-5-23-21(22)20(25-26(2,3)4)15-17-11-13-19(14-12-17)24-16-18-9-7-6-8-10-18/h6-14,20H,5,15-16H2,1-4H3/t20-/m0/s1. The quantitative estimate of drug-likeness (QED) is 0.477. The second kappa shape index (κ2) is 9.55. The highest BCUT2D eigenvalue weighted by Gasteiger charge is 2.27. The molecule has 5 heteroatoms. The van der Waals surface area contributed by atoms with Gasteiger partial charge in [0.15, 0.2) is 8.32 Å². The Morgan fingerprint density at radius 2 is 1.62 bits per heavy atom. The summed E-state index contributed by atoms with van der Waals surface area (Å²) in [6, 6.07) is 17.8. The zero-order valence-corrected chi connectivity index (χ0v) is 17.0. The topological polar surface area (TPSA) is 44.8 Å². The van der Waals surface area contributed by atoms with Crippen LogP contribution in [0.3, 0.4) is 0 Å². The van der Waals surface area contributed by atoms with Crippen molar-refractivity contribution >= 4 is 14.3 Å². The number of carbonyl (C=O) groups excluding carboxylic acids is 1. The van der Waals surface area contributed by atoms with Crippen LogP contribution >= 0.6 is 0 Å². The molecule has 0 aliphatic carbocycles. The molecule has 4 nitrogen and oxygen atoms in total. The third kappa shape index (κ3) is 7.02. The highest BCUT2D eigenvalue weighted by molar-refractivity contribution is 6.69. The number of hydrogen-bond acceptors (Lipinski definition) is 4. The van der Waals surface area contributed by atoms with Gasteiger partial charge in [-0.15, -0.1) is 0 Å². The van der Waals surface area contributed by atoms with Crippen LogP contribution in [0.5, 0.6) is 5.75 Å². The van der Waals surface area contributed by atoms with E-state index in [0.717, 1.165) is 16.9 Å². The number of carbonyl (C=O) groups is 1. The van der Waals surface area contributed by atoms with E-state index in [1.54, 1.807) is 0 Å². The molecule has 0 aliphatic rings. The van der Waals surface area contributed by atoms with Crippen molar-refractivity contribution in [2.24, 2.45) is 0 Å². The van der Waals surface area contributed by atoms with Crippen molar-refractivity contribution in [2.45, 2.75) is 45.7 Å². The Bertz CT molecular complexity index is 677. The minimum Gasteiger partial charge on any atom is -0.489 e. The van der Waals surface area contributed by atoms with Gasteiger partial charge in [0.25, 0.3) is 0 Å². The number of hydrogen-bond donors (Lipinski definition) is 0. The van der Waals surface area contributed by atoms with Crippen LogP contribution in [0.2, 0.25) is 19.6 Å². The Hall–Kier alpha value is -2.11. The Morgan fingerprint density at radius 3 is 2.19 bits per heavy atom. The summed E-state index contributed by atoms with van der Waals surface area (Å²) in [7, 11) is -1.85. The van der Waals surface area contributed by atoms with Crippen molar-refractivity contribution < 1.29 is 18.7 Å². The van der Waals surface area contributed by atoms with E-state index in [4.69, 9.17) is 13.9 Å². The SMILES string of the molecule is CCOC(=O)[C@H](Cc1ccc(OCc2ccccc2)cc1)O[Si](C)(C)C. The monoisotopic (exact) mass is 372 g/mol. The van der Waals surface area contributed by atoms with Crippen LogP contribution in [-0.4, -0.2) is 27.0 Å². The molecule has 0 radical (unpaired) electrons. The molecule has 0 saturated carbocycles. The lowest BCUT2D eigenvalue weighted by Crippen LogP contribution is -2.39. The molecule has 1 atom stereocenters. The third-order valence-electron chi connectivity index (χ3n) is 3.64. The fraction of sp³-hybridized carbons (Fsp3) is 0.381. The summed E-state index contributed by atoms with van der Waals surface area (Å²) in [6.07, 6.45) is -0.0556. The smallest absolute Gasteiger partial charge is 0.334 e. The van der Waals surface area contributed by atoms with Crippen molar-refractivity contribution in [3.05, 3.63) is 65.7 Å². The van der Waals surface area contributed by atoms with Crippen LogP contribution in [0.15, 0.2) is 54.6 Å². The minimum absolute atomic E-state index is 0.292. The van der Waals surface area contributed by atoms with Gasteiger partial charge < -0.3 is 13.9 Å². The molecule has 0 amide bonds. The molecule has 2 aromatic rings. The van der Waals surface area contributed by atoms with Gasteiger partial charge in [0.1, 0.15) is 18.5 Å². The summed E-state index contributed by atoms with van der Waals surface area (Å²) in [5.41, 5.74) is 2.15. The normalized spacial score (nSPS) is 12.5. The molecule has 2 aromatic carbocycles. The molecule has 0 spiro atoms. The number of esters is 1. The second-order valence-corrected chi connectivity index (χ2v) is 11.6. The summed E-state index contributed by atoms with van der Waals surface area (Å²) in [4.78, 5) is 12.2. The first-order chi connectivity index (χ1) is 12.4. The molecule has 0 N–H and O–H groups in total. The summed E-state index contributed by atoms with van der Waals surface area (Å²) >= 11 is 0. The van der Waals surface area contributed by atoms with Crippen molar-refractivity contribution in [1.29, 1.82) is 0 Å². The summed E-state index contributed by atoms with van der Waals surface area (Å²) < 4.78 is 17.0. The lowest BCUT2D eigenvalue weighted by molar-refractivity contribution is -0.151. The first kappa shape index (κ1) is 20.2. The van der Waals surface area contributed by atoms with Gasteiger partial charge in [-0.05, 0) is 49.8 Å². The van der Waals surface area contributed by atoms with Crippen molar-refractivity contribution in [2.75, 3.05) is 6.61 Å². The molecule has 0 unspecified atom stereocenters. The van der Waals surface area contributed by atoms with E-state index >= 15 is 0 Å². The van der Waals surface area contributed by atoms with E-state index in [0.29, 0.717) is 19.6 Å². The first-order valence-corrected chi connectivity index (χ1v) is 12.4. The molecule has 0 heterocycles. The molecule has 0 aliphatic heterocycles. The van der Waals surface area contributed by atoms with Crippen molar-refractivity contribution in [3.63, 3.8) is 0 Å². The Labute approximate surface area is 157 Å². The summed E-state index contributed by atoms with van der Waals surface area (Å²) in [6.45, 7) is 8.91. The predicted molar refractivity (Wildman–Crippen MR) is 106 cm³/mol. The van der Waals surface area contributed by atoms with Crippen molar-refractivity contribution in [1.82, 2.24) is 0 Å². The Kier molecular flexibility index (Phi) is 7.42. The number of rotatable bonds is 9. The van der Waals surface area contributed by atoms with E-state index in [1.807, 2.05) is 61.5 Å². The van der Waals surface area contributed by atoms with Crippen LogP contribution < -0.4 is 4.74 Å². The van der Waals surface area contributed by atoms with E-state index in [9.17, 15) is 4.79 Å². The van der Waals surface area contributed by atoms with Gasteiger partial charge in [-0.25, -0.2) is 4.79 Å². The van der Waals surface area contributed by atoms with E-state index < -0.39 is 14.4 Å². The molecule has 0 fully saturated rings. The van der Waals surface area contributed by atoms with Gasteiger partial charge in [-0.3, -0.25) is 0 Å². The van der Waals surface area contributed by atoms with Gasteiger partial charge in [0.2, 0.25) is 0 Å². The maximum Gasteiger partial charge on any atom is 0.334 e. The summed E-state index contributed by atoms with van der Waals surface area (Å²) in [5, 5.41) is 0. The average molecular weight is 373 g/mol. The fourth-order valence-corrected chi connectivity index (χ4v) is 3.54. The first-order valence-electron chi connectivity index (χ1n) is 8.97. The maximum absolute atomic E-state index is 12.2. The van der Waals surface area contributed by atoms with Crippen LogP contribution in [0.25, 0.3) is 0 Å². The molecule has 0 saturated heterocycles.